The summed E-state index contributed by atoms with van der Waals surface area (Å²) in [5.74, 6) is 0. The molecule has 11 heteroatoms. The Morgan fingerprint density at radius 3 is 2.38 bits per heavy atom. The fourth-order valence-corrected chi connectivity index (χ4v) is 5.32. The highest BCUT2D eigenvalue weighted by atomic mass is 35.5. The number of benzene rings is 2. The molecule has 2 aromatic carbocycles. The van der Waals surface area contributed by atoms with Gasteiger partial charge in [-0.1, -0.05) is 11.6 Å². The summed E-state index contributed by atoms with van der Waals surface area (Å²) in [4.78, 5) is 24.3. The summed E-state index contributed by atoms with van der Waals surface area (Å²) < 4.78 is 32.4. The van der Waals surface area contributed by atoms with Crippen LogP contribution in [0.15, 0.2) is 56.6 Å². The number of nitro benzene ring substituents is 1. The molecule has 0 atom stereocenters. The minimum Gasteiger partial charge on any atom is -0.423 e. The van der Waals surface area contributed by atoms with E-state index in [2.05, 4.69) is 4.90 Å². The number of halogens is 1. The number of non-ortho nitro benzene ring substituents is 1. The van der Waals surface area contributed by atoms with E-state index in [1.54, 1.807) is 12.1 Å². The Morgan fingerprint density at radius 2 is 1.75 bits per heavy atom. The van der Waals surface area contributed by atoms with E-state index in [4.69, 9.17) is 16.0 Å². The molecule has 0 radical (unpaired) electrons. The second-order valence-electron chi connectivity index (χ2n) is 7.62. The predicted octanol–water partition coefficient (Wildman–Crippen LogP) is 3.17. The molecule has 0 saturated carbocycles. The second-order valence-corrected chi connectivity index (χ2v) is 9.96. The van der Waals surface area contributed by atoms with Crippen LogP contribution < -0.4 is 5.63 Å². The van der Waals surface area contributed by atoms with Crippen LogP contribution in [-0.2, 0) is 16.6 Å². The van der Waals surface area contributed by atoms with E-state index in [9.17, 15) is 23.3 Å². The molecule has 0 amide bonds. The van der Waals surface area contributed by atoms with Crippen molar-refractivity contribution in [1.82, 2.24) is 9.21 Å². The van der Waals surface area contributed by atoms with Gasteiger partial charge in [-0.25, -0.2) is 13.2 Å². The third kappa shape index (κ3) is 4.40. The average Bonchev–Trinajstić information content (AvgIpc) is 2.75. The summed E-state index contributed by atoms with van der Waals surface area (Å²) in [7, 11) is -3.75. The van der Waals surface area contributed by atoms with Gasteiger partial charge in [0.2, 0.25) is 10.0 Å². The van der Waals surface area contributed by atoms with Crippen LogP contribution in [0.5, 0.6) is 0 Å². The molecule has 32 heavy (non-hydrogen) atoms. The summed E-state index contributed by atoms with van der Waals surface area (Å²) in [6, 6.07) is 9.82. The molecule has 1 fully saturated rings. The van der Waals surface area contributed by atoms with Crippen LogP contribution in [0.2, 0.25) is 5.02 Å². The molecule has 168 valence electrons. The van der Waals surface area contributed by atoms with Crippen molar-refractivity contribution in [2.75, 3.05) is 26.2 Å². The van der Waals surface area contributed by atoms with Crippen LogP contribution >= 0.6 is 11.6 Å². The van der Waals surface area contributed by atoms with Crippen LogP contribution in [0.4, 0.5) is 5.69 Å². The number of sulfonamides is 1. The number of aryl methyl sites for hydroxylation is 1. The van der Waals surface area contributed by atoms with Crippen LogP contribution in [0.3, 0.4) is 0 Å². The van der Waals surface area contributed by atoms with Gasteiger partial charge in [0.25, 0.3) is 5.69 Å². The number of hydrogen-bond acceptors (Lipinski definition) is 7. The molecule has 0 aliphatic carbocycles. The Balaban J connectivity index is 1.49. The maximum atomic E-state index is 12.9. The molecule has 0 bridgehead atoms. The molecule has 0 unspecified atom stereocenters. The zero-order valence-electron chi connectivity index (χ0n) is 17.2. The van der Waals surface area contributed by atoms with Crippen molar-refractivity contribution < 1.29 is 17.8 Å². The Bertz CT molecular complexity index is 1350. The first kappa shape index (κ1) is 22.4. The first-order valence-corrected chi connectivity index (χ1v) is 11.7. The zero-order chi connectivity index (χ0) is 23.0. The topological polar surface area (TPSA) is 114 Å². The number of nitro groups is 1. The lowest BCUT2D eigenvalue weighted by atomic mass is 10.1. The third-order valence-electron chi connectivity index (χ3n) is 5.52. The van der Waals surface area contributed by atoms with Gasteiger partial charge in [-0.2, -0.15) is 4.31 Å². The molecule has 4 rings (SSSR count). The summed E-state index contributed by atoms with van der Waals surface area (Å²) in [6.45, 7) is 3.74. The lowest BCUT2D eigenvalue weighted by molar-refractivity contribution is -0.384. The van der Waals surface area contributed by atoms with E-state index in [1.165, 1.54) is 34.6 Å². The number of rotatable bonds is 5. The van der Waals surface area contributed by atoms with Gasteiger partial charge >= 0.3 is 5.63 Å². The maximum absolute atomic E-state index is 12.9. The van der Waals surface area contributed by atoms with Gasteiger partial charge in [0.1, 0.15) is 5.58 Å². The Hall–Kier alpha value is -2.79. The van der Waals surface area contributed by atoms with Gasteiger partial charge in [0, 0.05) is 61.3 Å². The fraction of sp³-hybridized carbons (Fsp3) is 0.286. The standard InChI is InChI=1S/C21H20ClN3O6S/c1-14-10-20-18(12-19(14)22)15(11-21(26)31-20)13-23-6-8-24(9-7-23)32(29,30)17-4-2-16(3-5-17)25(27)28/h2-5,10-12H,6-9,13H2,1H3. The summed E-state index contributed by atoms with van der Waals surface area (Å²) in [6.07, 6.45) is 0. The largest absolute Gasteiger partial charge is 0.423 e. The van der Waals surface area contributed by atoms with Gasteiger partial charge in [0.05, 0.1) is 9.82 Å². The van der Waals surface area contributed by atoms with Crippen molar-refractivity contribution >= 4 is 38.3 Å². The summed E-state index contributed by atoms with van der Waals surface area (Å²) in [5.41, 5.74) is 1.43. The molecule has 1 saturated heterocycles. The first-order valence-electron chi connectivity index (χ1n) is 9.85. The Labute approximate surface area is 189 Å². The maximum Gasteiger partial charge on any atom is 0.336 e. The van der Waals surface area contributed by atoms with Crippen molar-refractivity contribution in [1.29, 1.82) is 0 Å². The van der Waals surface area contributed by atoms with Crippen LogP contribution in [-0.4, -0.2) is 48.7 Å². The van der Waals surface area contributed by atoms with Crippen molar-refractivity contribution in [2.24, 2.45) is 0 Å². The molecule has 3 aromatic rings. The molecule has 0 N–H and O–H groups in total. The van der Waals surface area contributed by atoms with E-state index in [0.717, 1.165) is 16.5 Å². The van der Waals surface area contributed by atoms with Crippen molar-refractivity contribution in [3.63, 3.8) is 0 Å². The van der Waals surface area contributed by atoms with Crippen LogP contribution in [0.1, 0.15) is 11.1 Å². The molecular formula is C21H20ClN3O6S. The zero-order valence-corrected chi connectivity index (χ0v) is 18.7. The second kappa shape index (κ2) is 8.62. The van der Waals surface area contributed by atoms with E-state index in [-0.39, 0.29) is 23.7 Å². The highest BCUT2D eigenvalue weighted by Crippen LogP contribution is 2.27. The third-order valence-corrected chi connectivity index (χ3v) is 7.84. The van der Waals surface area contributed by atoms with Gasteiger partial charge < -0.3 is 4.42 Å². The molecule has 0 spiro atoms. The SMILES string of the molecule is Cc1cc2oc(=O)cc(CN3CCN(S(=O)(=O)c4ccc([N+](=O)[O-])cc4)CC3)c2cc1Cl. The minimum atomic E-state index is -3.75. The normalized spacial score (nSPS) is 15.8. The van der Waals surface area contributed by atoms with Gasteiger partial charge in [0.15, 0.2) is 0 Å². The minimum absolute atomic E-state index is 0.0215. The fourth-order valence-electron chi connectivity index (χ4n) is 3.74. The first-order chi connectivity index (χ1) is 15.1. The quantitative estimate of drug-likeness (QED) is 0.315. The molecular weight excluding hydrogens is 458 g/mol. The summed E-state index contributed by atoms with van der Waals surface area (Å²) >= 11 is 6.25. The highest BCUT2D eigenvalue weighted by Gasteiger charge is 2.29. The number of fused-ring (bicyclic) bond motifs is 1. The smallest absolute Gasteiger partial charge is 0.336 e. The average molecular weight is 478 g/mol. The number of hydrogen-bond donors (Lipinski definition) is 0. The van der Waals surface area contributed by atoms with Crippen molar-refractivity contribution in [3.8, 4) is 0 Å². The lowest BCUT2D eigenvalue weighted by Crippen LogP contribution is -2.48. The number of nitrogens with zero attached hydrogens (tertiary/aromatic N) is 3. The molecule has 9 nitrogen and oxygen atoms in total. The van der Waals surface area contributed by atoms with E-state index >= 15 is 0 Å². The van der Waals surface area contributed by atoms with Crippen molar-refractivity contribution in [3.05, 3.63) is 79.1 Å². The van der Waals surface area contributed by atoms with Gasteiger partial charge in [-0.15, -0.1) is 0 Å². The monoisotopic (exact) mass is 477 g/mol. The highest BCUT2D eigenvalue weighted by molar-refractivity contribution is 7.89. The van der Waals surface area contributed by atoms with E-state index in [1.807, 2.05) is 6.92 Å². The lowest BCUT2D eigenvalue weighted by Gasteiger charge is -2.34. The predicted molar refractivity (Wildman–Crippen MR) is 119 cm³/mol. The molecule has 1 aliphatic heterocycles. The summed E-state index contributed by atoms with van der Waals surface area (Å²) in [5, 5.41) is 12.1. The van der Waals surface area contributed by atoms with Crippen LogP contribution in [0, 0.1) is 17.0 Å². The van der Waals surface area contributed by atoms with Gasteiger partial charge in [-0.3, -0.25) is 15.0 Å². The van der Waals surface area contributed by atoms with E-state index in [0.29, 0.717) is 30.2 Å². The van der Waals surface area contributed by atoms with E-state index < -0.39 is 20.6 Å². The van der Waals surface area contributed by atoms with Gasteiger partial charge in [-0.05, 0) is 42.3 Å². The molecule has 1 aliphatic rings. The number of piperazine rings is 1. The van der Waals surface area contributed by atoms with Crippen LogP contribution in [0.25, 0.3) is 11.0 Å². The van der Waals surface area contributed by atoms with Crippen molar-refractivity contribution in [2.45, 2.75) is 18.4 Å². The Kier molecular flexibility index (Phi) is 6.04. The molecule has 1 aromatic heterocycles. The molecule has 2 heterocycles. The Morgan fingerprint density at radius 1 is 1.09 bits per heavy atom.